The molecule has 0 aromatic heterocycles. The Kier molecular flexibility index (Phi) is 5.31. The second-order valence-corrected chi connectivity index (χ2v) is 6.49. The second-order valence-electron chi connectivity index (χ2n) is 6.49. The molecule has 2 heterocycles. The van der Waals surface area contributed by atoms with Crippen molar-refractivity contribution < 1.29 is 29.2 Å². The lowest BCUT2D eigenvalue weighted by Gasteiger charge is -2.43. The minimum absolute atomic E-state index is 0.105. The first-order chi connectivity index (χ1) is 12.7. The van der Waals surface area contributed by atoms with Gasteiger partial charge in [-0.15, -0.1) is 0 Å². The van der Waals surface area contributed by atoms with Gasteiger partial charge in [0.1, 0.15) is 24.4 Å². The quantitative estimate of drug-likeness (QED) is 0.873. The van der Waals surface area contributed by atoms with E-state index in [1.54, 1.807) is 0 Å². The fourth-order valence-electron chi connectivity index (χ4n) is 3.27. The Morgan fingerprint density at radius 3 is 1.38 bits per heavy atom. The van der Waals surface area contributed by atoms with Gasteiger partial charge in [0, 0.05) is 11.1 Å². The van der Waals surface area contributed by atoms with Crippen LogP contribution in [-0.4, -0.2) is 47.8 Å². The van der Waals surface area contributed by atoms with Gasteiger partial charge in [0.25, 0.3) is 0 Å². The Labute approximate surface area is 151 Å². The lowest BCUT2D eigenvalue weighted by molar-refractivity contribution is -0.331. The topological polar surface area (TPSA) is 77.4 Å². The summed E-state index contributed by atoms with van der Waals surface area (Å²) in [6.45, 7) is 0.210. The first kappa shape index (κ1) is 17.6. The van der Waals surface area contributed by atoms with Crippen LogP contribution < -0.4 is 0 Å². The molecule has 6 heteroatoms. The molecule has 0 saturated carbocycles. The highest BCUT2D eigenvalue weighted by Gasteiger charge is 2.44. The third-order valence-corrected chi connectivity index (χ3v) is 4.62. The Hall–Kier alpha value is -1.80. The lowest BCUT2D eigenvalue weighted by atomic mass is 10.0. The molecule has 6 nitrogen and oxygen atoms in total. The third kappa shape index (κ3) is 3.66. The van der Waals surface area contributed by atoms with Crippen LogP contribution in [0.1, 0.15) is 23.7 Å². The minimum Gasteiger partial charge on any atom is -0.388 e. The highest BCUT2D eigenvalue weighted by Crippen LogP contribution is 2.34. The summed E-state index contributed by atoms with van der Waals surface area (Å²) in [6.07, 6.45) is -4.47. The fraction of sp³-hybridized carbons (Fsp3) is 0.400. The van der Waals surface area contributed by atoms with E-state index in [-0.39, 0.29) is 13.2 Å². The first-order valence-electron chi connectivity index (χ1n) is 8.72. The van der Waals surface area contributed by atoms with Gasteiger partial charge >= 0.3 is 0 Å². The summed E-state index contributed by atoms with van der Waals surface area (Å²) in [6, 6.07) is 19.0. The van der Waals surface area contributed by atoms with E-state index in [0.29, 0.717) is 0 Å². The molecule has 0 spiro atoms. The summed E-state index contributed by atoms with van der Waals surface area (Å²) in [7, 11) is 0. The lowest BCUT2D eigenvalue weighted by Crippen LogP contribution is -2.55. The van der Waals surface area contributed by atoms with Gasteiger partial charge in [0.05, 0.1) is 13.2 Å². The molecule has 2 aliphatic heterocycles. The third-order valence-electron chi connectivity index (χ3n) is 4.62. The maximum absolute atomic E-state index is 10.4. The number of aliphatic hydroxyl groups excluding tert-OH is 2. The van der Waals surface area contributed by atoms with Crippen molar-refractivity contribution in [2.24, 2.45) is 0 Å². The molecular weight excluding hydrogens is 336 g/mol. The van der Waals surface area contributed by atoms with Crippen LogP contribution in [0.4, 0.5) is 0 Å². The molecule has 4 rings (SSSR count). The summed E-state index contributed by atoms with van der Waals surface area (Å²) < 4.78 is 23.1. The summed E-state index contributed by atoms with van der Waals surface area (Å²) >= 11 is 0. The Balaban J connectivity index is 1.51. The average molecular weight is 358 g/mol. The van der Waals surface area contributed by atoms with E-state index >= 15 is 0 Å². The van der Waals surface area contributed by atoms with Crippen LogP contribution in [-0.2, 0) is 18.9 Å². The summed E-state index contributed by atoms with van der Waals surface area (Å²) in [5.74, 6) is 0. The highest BCUT2D eigenvalue weighted by molar-refractivity contribution is 5.18. The van der Waals surface area contributed by atoms with Gasteiger partial charge in [-0.2, -0.15) is 0 Å². The van der Waals surface area contributed by atoms with Crippen LogP contribution in [0, 0.1) is 0 Å². The molecule has 138 valence electrons. The molecule has 2 aromatic rings. The molecule has 2 unspecified atom stereocenters. The molecule has 2 fully saturated rings. The van der Waals surface area contributed by atoms with Crippen molar-refractivity contribution in [3.8, 4) is 0 Å². The molecular formula is C20H22O6. The second kappa shape index (κ2) is 7.84. The van der Waals surface area contributed by atoms with Gasteiger partial charge in [-0.25, -0.2) is 0 Å². The normalized spacial score (nSPS) is 35.2. The van der Waals surface area contributed by atoms with Crippen LogP contribution >= 0.6 is 0 Å². The van der Waals surface area contributed by atoms with Gasteiger partial charge < -0.3 is 29.2 Å². The molecule has 0 aliphatic carbocycles. The Morgan fingerprint density at radius 1 is 0.615 bits per heavy atom. The van der Waals surface area contributed by atoms with Crippen molar-refractivity contribution >= 4 is 0 Å². The SMILES string of the molecule is O[C@@H]1COC(c2ccccc2)O[C@H]1[C@@H]1OC(c2ccccc2)OC[C@@H]1O. The van der Waals surface area contributed by atoms with E-state index in [2.05, 4.69) is 0 Å². The zero-order valence-corrected chi connectivity index (χ0v) is 14.2. The van der Waals surface area contributed by atoms with Gasteiger partial charge in [-0.05, 0) is 0 Å². The number of rotatable bonds is 3. The molecule has 6 atom stereocenters. The largest absolute Gasteiger partial charge is 0.388 e. The van der Waals surface area contributed by atoms with E-state index in [9.17, 15) is 10.2 Å². The number of aliphatic hydroxyl groups is 2. The van der Waals surface area contributed by atoms with E-state index in [0.717, 1.165) is 11.1 Å². The van der Waals surface area contributed by atoms with Crippen LogP contribution in [0.15, 0.2) is 60.7 Å². The zero-order valence-electron chi connectivity index (χ0n) is 14.2. The van der Waals surface area contributed by atoms with E-state index in [4.69, 9.17) is 18.9 Å². The minimum atomic E-state index is -0.899. The molecule has 0 amide bonds. The number of hydrogen-bond acceptors (Lipinski definition) is 6. The predicted octanol–water partition coefficient (Wildman–Crippen LogP) is 1.94. The smallest absolute Gasteiger partial charge is 0.184 e. The van der Waals surface area contributed by atoms with Crippen molar-refractivity contribution in [1.29, 1.82) is 0 Å². The van der Waals surface area contributed by atoms with E-state index in [1.807, 2.05) is 60.7 Å². The van der Waals surface area contributed by atoms with Crippen molar-refractivity contribution in [3.63, 3.8) is 0 Å². The van der Waals surface area contributed by atoms with Crippen molar-refractivity contribution in [1.82, 2.24) is 0 Å². The fourth-order valence-corrected chi connectivity index (χ4v) is 3.27. The Bertz CT molecular complexity index is 632. The number of ether oxygens (including phenoxy) is 4. The maximum atomic E-state index is 10.4. The standard InChI is InChI=1S/C20H22O6/c21-15-11-23-19(13-7-3-1-4-8-13)25-17(15)18-16(22)12-24-20(26-18)14-9-5-2-6-10-14/h1-10,15-22H,11-12H2/t15-,16+,17-,18-,19?,20?/m1/s1. The monoisotopic (exact) mass is 358 g/mol. The van der Waals surface area contributed by atoms with Gasteiger partial charge in [0.15, 0.2) is 12.6 Å². The summed E-state index contributed by atoms with van der Waals surface area (Å²) in [5.41, 5.74) is 1.70. The van der Waals surface area contributed by atoms with Gasteiger partial charge in [0.2, 0.25) is 0 Å². The molecule has 2 aliphatic rings. The molecule has 0 bridgehead atoms. The summed E-state index contributed by atoms with van der Waals surface area (Å²) in [5, 5.41) is 20.8. The highest BCUT2D eigenvalue weighted by atomic mass is 16.7. The molecule has 2 N–H and O–H groups in total. The molecule has 2 saturated heterocycles. The predicted molar refractivity (Wildman–Crippen MR) is 92.0 cm³/mol. The van der Waals surface area contributed by atoms with Crippen LogP contribution in [0.5, 0.6) is 0 Å². The van der Waals surface area contributed by atoms with Crippen LogP contribution in [0.25, 0.3) is 0 Å². The van der Waals surface area contributed by atoms with Gasteiger partial charge in [-0.1, -0.05) is 60.7 Å². The van der Waals surface area contributed by atoms with Crippen molar-refractivity contribution in [2.45, 2.75) is 37.0 Å². The molecule has 0 radical (unpaired) electrons. The zero-order chi connectivity index (χ0) is 17.9. The molecule has 2 aromatic carbocycles. The average Bonchev–Trinajstić information content (AvgIpc) is 2.70. The first-order valence-corrected chi connectivity index (χ1v) is 8.72. The van der Waals surface area contributed by atoms with Crippen molar-refractivity contribution in [2.75, 3.05) is 13.2 Å². The van der Waals surface area contributed by atoms with Crippen LogP contribution in [0.3, 0.4) is 0 Å². The number of hydrogen-bond donors (Lipinski definition) is 2. The summed E-state index contributed by atoms with van der Waals surface area (Å²) in [4.78, 5) is 0. The number of benzene rings is 2. The maximum Gasteiger partial charge on any atom is 0.184 e. The van der Waals surface area contributed by atoms with E-state index in [1.165, 1.54) is 0 Å². The van der Waals surface area contributed by atoms with Crippen molar-refractivity contribution in [3.05, 3.63) is 71.8 Å². The molecule has 26 heavy (non-hydrogen) atoms. The Morgan fingerprint density at radius 2 is 1.00 bits per heavy atom. The van der Waals surface area contributed by atoms with Gasteiger partial charge in [-0.3, -0.25) is 0 Å². The van der Waals surface area contributed by atoms with Crippen LogP contribution in [0.2, 0.25) is 0 Å². The van der Waals surface area contributed by atoms with E-state index < -0.39 is 37.0 Å².